The van der Waals surface area contributed by atoms with Gasteiger partial charge in [-0.15, -0.1) is 0 Å². The molecule has 3 heterocycles. The molecule has 3 aliphatic rings. The number of nitrogens with two attached hydrogens (primary N) is 1. The molecule has 21 heavy (non-hydrogen) atoms. The summed E-state index contributed by atoms with van der Waals surface area (Å²) in [7, 11) is 0. The topological polar surface area (TPSA) is 54.1 Å². The van der Waals surface area contributed by atoms with E-state index in [4.69, 9.17) is 15.5 Å². The average Bonchev–Trinajstić information content (AvgIpc) is 3.09. The summed E-state index contributed by atoms with van der Waals surface area (Å²) in [6, 6.07) is 0. The molecular weight excluding hydrogens is 284 g/mol. The molecule has 0 saturated carbocycles. The predicted molar refractivity (Wildman–Crippen MR) is 89.0 cm³/mol. The van der Waals surface area contributed by atoms with Gasteiger partial charge in [0.25, 0.3) is 0 Å². The molecule has 0 aromatic heterocycles. The fraction of sp³-hybridized carbons (Fsp3) is 0.933. The van der Waals surface area contributed by atoms with E-state index in [1.807, 2.05) is 11.8 Å². The molecule has 0 bridgehead atoms. The third-order valence-corrected chi connectivity index (χ3v) is 6.01. The summed E-state index contributed by atoms with van der Waals surface area (Å²) < 4.78 is 5.59. The van der Waals surface area contributed by atoms with Crippen molar-refractivity contribution in [3.05, 3.63) is 0 Å². The van der Waals surface area contributed by atoms with Crippen molar-refractivity contribution in [1.29, 1.82) is 0 Å². The molecule has 5 nitrogen and oxygen atoms in total. The van der Waals surface area contributed by atoms with Crippen LogP contribution in [0.3, 0.4) is 0 Å². The number of hydrogen-bond acceptors (Lipinski definition) is 4. The molecule has 3 fully saturated rings. The van der Waals surface area contributed by atoms with E-state index >= 15 is 0 Å². The number of thioether (sulfide) groups is 1. The summed E-state index contributed by atoms with van der Waals surface area (Å²) in [6.07, 6.45) is 4.84. The number of rotatable bonds is 3. The van der Waals surface area contributed by atoms with Crippen LogP contribution in [0.1, 0.15) is 25.7 Å². The highest BCUT2D eigenvalue weighted by Crippen LogP contribution is 2.31. The van der Waals surface area contributed by atoms with Crippen LogP contribution in [0.2, 0.25) is 0 Å². The molecule has 3 aliphatic heterocycles. The molecular formula is C15H28N4OS. The first-order valence-electron chi connectivity index (χ1n) is 8.26. The van der Waals surface area contributed by atoms with E-state index < -0.39 is 0 Å². The lowest BCUT2D eigenvalue weighted by Gasteiger charge is -2.43. The van der Waals surface area contributed by atoms with Gasteiger partial charge in [0.1, 0.15) is 0 Å². The Bertz CT molecular complexity index is 359. The van der Waals surface area contributed by atoms with E-state index in [1.165, 1.54) is 37.4 Å². The Morgan fingerprint density at radius 1 is 1.10 bits per heavy atom. The first-order valence-corrected chi connectivity index (χ1v) is 9.41. The van der Waals surface area contributed by atoms with E-state index in [9.17, 15) is 0 Å². The van der Waals surface area contributed by atoms with Gasteiger partial charge in [-0.25, -0.2) is 0 Å². The molecule has 0 aliphatic carbocycles. The van der Waals surface area contributed by atoms with Crippen LogP contribution < -0.4 is 5.73 Å². The lowest BCUT2D eigenvalue weighted by molar-refractivity contribution is -0.0139. The van der Waals surface area contributed by atoms with Gasteiger partial charge >= 0.3 is 0 Å². The number of hydrogen-bond donors (Lipinski definition) is 1. The standard InChI is InChI=1S/C15H28N4OS/c16-14(18-7-11-21-12-8-18)17-13-15(3-9-20-10-4-15)19-5-1-2-6-19/h1-13H2,(H2,16,17). The van der Waals surface area contributed by atoms with E-state index in [0.29, 0.717) is 0 Å². The van der Waals surface area contributed by atoms with E-state index in [2.05, 4.69) is 9.80 Å². The van der Waals surface area contributed by atoms with Crippen molar-refractivity contribution in [3.8, 4) is 0 Å². The molecule has 0 spiro atoms. The minimum atomic E-state index is 0.198. The van der Waals surface area contributed by atoms with Gasteiger partial charge in [-0.2, -0.15) is 11.8 Å². The van der Waals surface area contributed by atoms with Crippen LogP contribution in [0, 0.1) is 0 Å². The zero-order valence-corrected chi connectivity index (χ0v) is 13.7. The zero-order valence-electron chi connectivity index (χ0n) is 12.9. The monoisotopic (exact) mass is 312 g/mol. The molecule has 0 aromatic carbocycles. The first kappa shape index (κ1) is 15.4. The molecule has 6 heteroatoms. The van der Waals surface area contributed by atoms with Crippen molar-refractivity contribution in [3.63, 3.8) is 0 Å². The highest BCUT2D eigenvalue weighted by Gasteiger charge is 2.39. The summed E-state index contributed by atoms with van der Waals surface area (Å²) >= 11 is 2.00. The summed E-state index contributed by atoms with van der Waals surface area (Å²) in [6.45, 7) is 7.09. The molecule has 0 amide bonds. The normalized spacial score (nSPS) is 28.0. The first-order chi connectivity index (χ1) is 10.3. The minimum absolute atomic E-state index is 0.198. The lowest BCUT2D eigenvalue weighted by Crippen LogP contribution is -2.54. The average molecular weight is 312 g/mol. The summed E-state index contributed by atoms with van der Waals surface area (Å²) in [5, 5.41) is 0. The van der Waals surface area contributed by atoms with Crippen molar-refractivity contribution >= 4 is 17.7 Å². The number of aliphatic imine (C=N–C) groups is 1. The fourth-order valence-corrected chi connectivity index (χ4v) is 4.54. The van der Waals surface area contributed by atoms with E-state index in [-0.39, 0.29) is 5.54 Å². The predicted octanol–water partition coefficient (Wildman–Crippen LogP) is 0.995. The van der Waals surface area contributed by atoms with Gasteiger partial charge in [0.2, 0.25) is 0 Å². The molecule has 0 aromatic rings. The third-order valence-electron chi connectivity index (χ3n) is 5.07. The maximum atomic E-state index is 6.24. The minimum Gasteiger partial charge on any atom is -0.381 e. The third kappa shape index (κ3) is 3.66. The van der Waals surface area contributed by atoms with Crippen molar-refractivity contribution in [1.82, 2.24) is 9.80 Å². The highest BCUT2D eigenvalue weighted by atomic mass is 32.2. The smallest absolute Gasteiger partial charge is 0.191 e. The quantitative estimate of drug-likeness (QED) is 0.622. The molecule has 0 unspecified atom stereocenters. The van der Waals surface area contributed by atoms with Gasteiger partial charge in [0, 0.05) is 43.3 Å². The van der Waals surface area contributed by atoms with E-state index in [1.54, 1.807) is 0 Å². The van der Waals surface area contributed by atoms with Gasteiger partial charge in [-0.1, -0.05) is 0 Å². The van der Waals surface area contributed by atoms with Gasteiger partial charge in [0.15, 0.2) is 5.96 Å². The van der Waals surface area contributed by atoms with Crippen molar-refractivity contribution in [2.45, 2.75) is 31.2 Å². The second kappa shape index (κ2) is 7.20. The van der Waals surface area contributed by atoms with Gasteiger partial charge in [-0.05, 0) is 38.8 Å². The van der Waals surface area contributed by atoms with Gasteiger partial charge in [-0.3, -0.25) is 9.89 Å². The molecule has 0 radical (unpaired) electrons. The number of ether oxygens (including phenoxy) is 1. The van der Waals surface area contributed by atoms with Crippen molar-refractivity contribution in [2.24, 2.45) is 10.7 Å². The molecule has 120 valence electrons. The van der Waals surface area contributed by atoms with Crippen LogP contribution in [-0.4, -0.2) is 78.7 Å². The molecule has 3 rings (SSSR count). The van der Waals surface area contributed by atoms with Crippen LogP contribution in [0.25, 0.3) is 0 Å². The van der Waals surface area contributed by atoms with Gasteiger partial charge in [0.05, 0.1) is 6.54 Å². The Morgan fingerprint density at radius 3 is 2.43 bits per heavy atom. The van der Waals surface area contributed by atoms with Gasteiger partial charge < -0.3 is 15.4 Å². The van der Waals surface area contributed by atoms with E-state index in [0.717, 1.165) is 51.6 Å². The Kier molecular flexibility index (Phi) is 5.29. The second-order valence-corrected chi connectivity index (χ2v) is 7.53. The summed E-state index contributed by atoms with van der Waals surface area (Å²) in [5.41, 5.74) is 6.44. The Labute approximate surface area is 132 Å². The molecule has 3 saturated heterocycles. The molecule has 0 atom stereocenters. The van der Waals surface area contributed by atoms with Crippen LogP contribution in [-0.2, 0) is 4.74 Å². The largest absolute Gasteiger partial charge is 0.381 e. The van der Waals surface area contributed by atoms with Crippen LogP contribution in [0.5, 0.6) is 0 Å². The number of guanidine groups is 1. The zero-order chi connectivity index (χ0) is 14.5. The van der Waals surface area contributed by atoms with Crippen LogP contribution in [0.4, 0.5) is 0 Å². The maximum absolute atomic E-state index is 6.24. The number of nitrogens with zero attached hydrogens (tertiary/aromatic N) is 3. The maximum Gasteiger partial charge on any atom is 0.191 e. The Balaban J connectivity index is 1.65. The summed E-state index contributed by atoms with van der Waals surface area (Å²) in [4.78, 5) is 9.70. The van der Waals surface area contributed by atoms with Crippen molar-refractivity contribution in [2.75, 3.05) is 57.4 Å². The van der Waals surface area contributed by atoms with Crippen LogP contribution >= 0.6 is 11.8 Å². The SMILES string of the molecule is NC(=NCC1(N2CCCC2)CCOCC1)N1CCSCC1. The molecule has 2 N–H and O–H groups in total. The van der Waals surface area contributed by atoms with Crippen molar-refractivity contribution < 1.29 is 4.74 Å². The Morgan fingerprint density at radius 2 is 1.76 bits per heavy atom. The summed E-state index contributed by atoms with van der Waals surface area (Å²) in [5.74, 6) is 3.09. The lowest BCUT2D eigenvalue weighted by atomic mass is 9.88. The Hall–Kier alpha value is -0.460. The fourth-order valence-electron chi connectivity index (χ4n) is 3.64. The highest BCUT2D eigenvalue weighted by molar-refractivity contribution is 7.99. The van der Waals surface area contributed by atoms with Crippen LogP contribution in [0.15, 0.2) is 4.99 Å². The number of likely N-dealkylation sites (tertiary alicyclic amines) is 1. The second-order valence-electron chi connectivity index (χ2n) is 6.30.